The number of carbonyl (C=O) groups excluding carboxylic acids is 2. The van der Waals surface area contributed by atoms with Gasteiger partial charge in [0.15, 0.2) is 12.4 Å². The van der Waals surface area contributed by atoms with Gasteiger partial charge in [0.2, 0.25) is 5.91 Å². The lowest BCUT2D eigenvalue weighted by Gasteiger charge is -2.41. The van der Waals surface area contributed by atoms with E-state index in [9.17, 15) is 35.1 Å². The number of aliphatic hydroxyl groups excluding tert-OH is 5. The molecular weight excluding hydrogens is 895 g/mol. The maximum Gasteiger partial charge on any atom is 0.306 e. The zero-order chi connectivity index (χ0) is 51.8. The van der Waals surface area contributed by atoms with E-state index in [1.165, 1.54) is 38.5 Å². The third-order valence-electron chi connectivity index (χ3n) is 12.1. The Balaban J connectivity index is 2.80. The van der Waals surface area contributed by atoms with Crippen molar-refractivity contribution in [3.05, 3.63) is 122 Å². The zero-order valence-electron chi connectivity index (χ0n) is 44.0. The van der Waals surface area contributed by atoms with Crippen molar-refractivity contribution < 1.29 is 49.3 Å². The van der Waals surface area contributed by atoms with Crippen molar-refractivity contribution in [1.29, 1.82) is 0 Å². The van der Waals surface area contributed by atoms with Gasteiger partial charge < -0.3 is 45.1 Å². The van der Waals surface area contributed by atoms with Gasteiger partial charge in [0, 0.05) is 6.42 Å². The number of allylic oxidation sites excluding steroid dienone is 19. The fourth-order valence-electron chi connectivity index (χ4n) is 7.74. The van der Waals surface area contributed by atoms with Crippen LogP contribution in [0.2, 0.25) is 0 Å². The van der Waals surface area contributed by atoms with Gasteiger partial charge in [-0.15, -0.1) is 0 Å². The van der Waals surface area contributed by atoms with E-state index in [0.29, 0.717) is 12.8 Å². The van der Waals surface area contributed by atoms with Gasteiger partial charge in [-0.1, -0.05) is 232 Å². The molecule has 0 aromatic rings. The lowest BCUT2D eigenvalue weighted by Crippen LogP contribution is -2.61. The van der Waals surface area contributed by atoms with Crippen LogP contribution in [-0.2, 0) is 23.8 Å². The number of amides is 1. The van der Waals surface area contributed by atoms with E-state index in [0.717, 1.165) is 96.3 Å². The number of unbranched alkanes of at least 4 members (excludes halogenated alkanes) is 18. The summed E-state index contributed by atoms with van der Waals surface area (Å²) in [6.45, 7) is 5.43. The SMILES string of the molecule is CC\C=C/C=C/C=C/C=C\C=C\C=C\CCCCC(O)C(=O)NC(COC1OC(CO)C(O)C(O)C1OC(=O)CCCCCCCCC/C=C/C=C/C=C/CC)C(O)/C=C/CCCCCCCCCCC. The van der Waals surface area contributed by atoms with Crippen molar-refractivity contribution in [3.63, 3.8) is 0 Å². The summed E-state index contributed by atoms with van der Waals surface area (Å²) in [7, 11) is 0. The standard InChI is InChI=1S/C60H97NO10/c1-4-7-10-13-16-19-22-24-26-28-29-32-35-38-41-44-47-53(64)59(68)61-51(52(63)46-43-40-37-34-31-21-18-15-12-9-6-3)50-69-60-58(57(67)56(66)54(49-62)70-60)71-55(65)48-45-42-39-36-33-30-27-25-23-20-17-14-11-8-5-2/h7-8,10-11,13-14,16-17,19-20,22-24,26,28-29,32,35,43,46,51-54,56-58,60,62-64,66-67H,4-6,9,12,15,18,21,25,27,30-31,33-34,36-42,44-45,47-50H2,1-3H3,(H,61,68)/b10-7-,11-8+,16-13+,17-14+,22-19+,23-20+,26-24-,29-28+,35-32+,46-43+. The van der Waals surface area contributed by atoms with E-state index < -0.39 is 67.4 Å². The molecule has 0 saturated carbocycles. The molecule has 0 radical (unpaired) electrons. The van der Waals surface area contributed by atoms with E-state index in [-0.39, 0.29) is 19.4 Å². The molecule has 8 atom stereocenters. The number of esters is 1. The zero-order valence-corrected chi connectivity index (χ0v) is 44.0. The number of hydrogen-bond acceptors (Lipinski definition) is 10. The van der Waals surface area contributed by atoms with Crippen molar-refractivity contribution in [2.45, 2.75) is 230 Å². The third kappa shape index (κ3) is 35.8. The maximum absolute atomic E-state index is 13.3. The van der Waals surface area contributed by atoms with E-state index in [4.69, 9.17) is 14.2 Å². The van der Waals surface area contributed by atoms with Crippen LogP contribution in [0, 0.1) is 0 Å². The first-order valence-electron chi connectivity index (χ1n) is 27.4. The van der Waals surface area contributed by atoms with Crippen LogP contribution in [-0.4, -0.2) is 99.6 Å². The highest BCUT2D eigenvalue weighted by atomic mass is 16.7. The van der Waals surface area contributed by atoms with E-state index >= 15 is 0 Å². The predicted octanol–water partition coefficient (Wildman–Crippen LogP) is 11.9. The maximum atomic E-state index is 13.3. The average molecular weight is 992 g/mol. The smallest absolute Gasteiger partial charge is 0.306 e. The lowest BCUT2D eigenvalue weighted by atomic mass is 9.99. The quantitative estimate of drug-likeness (QED) is 0.0149. The number of rotatable bonds is 43. The van der Waals surface area contributed by atoms with Crippen molar-refractivity contribution >= 4 is 11.9 Å². The topological polar surface area (TPSA) is 175 Å². The molecule has 11 heteroatoms. The van der Waals surface area contributed by atoms with Crippen LogP contribution in [0.15, 0.2) is 122 Å². The summed E-state index contributed by atoms with van der Waals surface area (Å²) in [5, 5.41) is 56.7. The first-order valence-corrected chi connectivity index (χ1v) is 27.4. The monoisotopic (exact) mass is 992 g/mol. The van der Waals surface area contributed by atoms with Gasteiger partial charge in [-0.3, -0.25) is 9.59 Å². The van der Waals surface area contributed by atoms with Gasteiger partial charge in [-0.05, 0) is 64.2 Å². The Hall–Kier alpha value is -3.94. The number of aliphatic hydroxyl groups is 5. The Morgan fingerprint density at radius 1 is 0.563 bits per heavy atom. The first kappa shape index (κ1) is 65.1. The molecule has 1 fully saturated rings. The van der Waals surface area contributed by atoms with Gasteiger partial charge in [0.25, 0.3) is 0 Å². The molecule has 8 unspecified atom stereocenters. The number of nitrogens with one attached hydrogen (secondary N) is 1. The minimum atomic E-state index is -1.63. The second kappa shape index (κ2) is 47.1. The molecule has 1 saturated heterocycles. The average Bonchev–Trinajstić information content (AvgIpc) is 3.37. The molecule has 1 rings (SSSR count). The van der Waals surface area contributed by atoms with Crippen molar-refractivity contribution in [2.24, 2.45) is 0 Å². The van der Waals surface area contributed by atoms with Gasteiger partial charge in [0.1, 0.15) is 24.4 Å². The molecule has 0 aromatic heterocycles. The second-order valence-corrected chi connectivity index (χ2v) is 18.4. The van der Waals surface area contributed by atoms with Gasteiger partial charge in [-0.2, -0.15) is 0 Å². The first-order chi connectivity index (χ1) is 34.7. The highest BCUT2D eigenvalue weighted by molar-refractivity contribution is 5.80. The highest BCUT2D eigenvalue weighted by Crippen LogP contribution is 2.26. The summed E-state index contributed by atoms with van der Waals surface area (Å²) in [5.74, 6) is -1.27. The summed E-state index contributed by atoms with van der Waals surface area (Å²) in [6.07, 6.45) is 53.8. The predicted molar refractivity (Wildman–Crippen MR) is 291 cm³/mol. The normalized spacial score (nSPS) is 20.6. The Morgan fingerprint density at radius 2 is 1.01 bits per heavy atom. The van der Waals surface area contributed by atoms with Crippen LogP contribution in [0.25, 0.3) is 0 Å². The van der Waals surface area contributed by atoms with Gasteiger partial charge >= 0.3 is 5.97 Å². The third-order valence-corrected chi connectivity index (χ3v) is 12.1. The largest absolute Gasteiger partial charge is 0.454 e. The molecule has 6 N–H and O–H groups in total. The Bertz CT molecular complexity index is 1610. The van der Waals surface area contributed by atoms with Crippen molar-refractivity contribution in [1.82, 2.24) is 5.32 Å². The summed E-state index contributed by atoms with van der Waals surface area (Å²) >= 11 is 0. The van der Waals surface area contributed by atoms with Crippen LogP contribution in [0.4, 0.5) is 0 Å². The molecule has 0 bridgehead atoms. The van der Waals surface area contributed by atoms with Crippen LogP contribution in [0.3, 0.4) is 0 Å². The van der Waals surface area contributed by atoms with Crippen molar-refractivity contribution in [3.8, 4) is 0 Å². The van der Waals surface area contributed by atoms with Crippen LogP contribution < -0.4 is 5.32 Å². The Kier molecular flexibility index (Phi) is 43.2. The van der Waals surface area contributed by atoms with E-state index in [1.807, 2.05) is 85.1 Å². The second-order valence-electron chi connectivity index (χ2n) is 18.4. The Morgan fingerprint density at radius 3 is 1.52 bits per heavy atom. The molecule has 0 aliphatic carbocycles. The Labute approximate surface area is 430 Å². The minimum absolute atomic E-state index is 0.0967. The summed E-state index contributed by atoms with van der Waals surface area (Å²) in [4.78, 5) is 26.4. The van der Waals surface area contributed by atoms with E-state index in [1.54, 1.807) is 6.08 Å². The molecule has 0 aromatic carbocycles. The molecule has 402 valence electrons. The highest BCUT2D eigenvalue weighted by Gasteiger charge is 2.47. The van der Waals surface area contributed by atoms with Crippen LogP contribution >= 0.6 is 0 Å². The molecule has 1 amide bonds. The molecule has 1 aliphatic heterocycles. The van der Waals surface area contributed by atoms with Crippen molar-refractivity contribution in [2.75, 3.05) is 13.2 Å². The lowest BCUT2D eigenvalue weighted by molar-refractivity contribution is -0.305. The van der Waals surface area contributed by atoms with Gasteiger partial charge in [-0.25, -0.2) is 0 Å². The fourth-order valence-corrected chi connectivity index (χ4v) is 7.74. The number of ether oxygens (including phenoxy) is 3. The molecule has 11 nitrogen and oxygen atoms in total. The van der Waals surface area contributed by atoms with Crippen LogP contribution in [0.1, 0.15) is 181 Å². The molecule has 1 aliphatic rings. The number of hydrogen-bond donors (Lipinski definition) is 6. The molecular formula is C60H97NO10. The van der Waals surface area contributed by atoms with Gasteiger partial charge in [0.05, 0.1) is 25.4 Å². The summed E-state index contributed by atoms with van der Waals surface area (Å²) in [6, 6.07) is -1.06. The minimum Gasteiger partial charge on any atom is -0.454 e. The molecule has 0 spiro atoms. The molecule has 1 heterocycles. The van der Waals surface area contributed by atoms with Crippen LogP contribution in [0.5, 0.6) is 0 Å². The molecule has 71 heavy (non-hydrogen) atoms. The number of carbonyl (C=O) groups is 2. The summed E-state index contributed by atoms with van der Waals surface area (Å²) < 4.78 is 17.5. The fraction of sp³-hybridized carbons (Fsp3) is 0.633. The summed E-state index contributed by atoms with van der Waals surface area (Å²) in [5.41, 5.74) is 0. The van der Waals surface area contributed by atoms with E-state index in [2.05, 4.69) is 56.5 Å².